The molecule has 0 unspecified atom stereocenters. The molecule has 0 bridgehead atoms. The van der Waals surface area contributed by atoms with Crippen molar-refractivity contribution < 1.29 is 14.6 Å². The van der Waals surface area contributed by atoms with Crippen molar-refractivity contribution in [2.45, 2.75) is 32.0 Å². The van der Waals surface area contributed by atoms with Gasteiger partial charge in [-0.1, -0.05) is 12.2 Å². The molecule has 1 aliphatic rings. The minimum Gasteiger partial charge on any atom is -0.460 e. The highest BCUT2D eigenvalue weighted by molar-refractivity contribution is 5.82. The van der Waals surface area contributed by atoms with Crippen molar-refractivity contribution in [2.24, 2.45) is 0 Å². The lowest BCUT2D eigenvalue weighted by atomic mass is 10.2. The van der Waals surface area contributed by atoms with Crippen LogP contribution in [0.5, 0.6) is 0 Å². The molecule has 0 aliphatic carbocycles. The number of aliphatic hydroxyl groups excluding tert-OH is 1. The highest BCUT2D eigenvalue weighted by Crippen LogP contribution is 2.06. The summed E-state index contributed by atoms with van der Waals surface area (Å²) in [5, 5.41) is 9.23. The summed E-state index contributed by atoms with van der Waals surface area (Å²) in [6.07, 6.45) is 7.11. The summed E-state index contributed by atoms with van der Waals surface area (Å²) in [4.78, 5) is 11.0. The van der Waals surface area contributed by atoms with E-state index in [1.807, 2.05) is 13.0 Å². The van der Waals surface area contributed by atoms with Crippen LogP contribution in [-0.4, -0.2) is 23.3 Å². The topological polar surface area (TPSA) is 46.5 Å². The van der Waals surface area contributed by atoms with Crippen LogP contribution < -0.4 is 0 Å². The van der Waals surface area contributed by atoms with Gasteiger partial charge < -0.3 is 9.84 Å². The molecule has 0 amide bonds. The maximum atomic E-state index is 11.0. The van der Waals surface area contributed by atoms with Gasteiger partial charge in [-0.25, -0.2) is 4.79 Å². The molecule has 72 valence electrons. The zero-order chi connectivity index (χ0) is 9.68. The van der Waals surface area contributed by atoms with Crippen LogP contribution in [-0.2, 0) is 9.53 Å². The summed E-state index contributed by atoms with van der Waals surface area (Å²) in [5.74, 6) is -0.387. The number of aliphatic hydroxyl groups is 1. The van der Waals surface area contributed by atoms with Crippen molar-refractivity contribution in [1.29, 1.82) is 0 Å². The van der Waals surface area contributed by atoms with E-state index in [1.165, 1.54) is 12.2 Å². The van der Waals surface area contributed by atoms with Crippen LogP contribution in [0.15, 0.2) is 24.3 Å². The fourth-order valence-electron chi connectivity index (χ4n) is 1.10. The second-order valence-electron chi connectivity index (χ2n) is 3.10. The van der Waals surface area contributed by atoms with Gasteiger partial charge in [-0.3, -0.25) is 0 Å². The lowest BCUT2D eigenvalue weighted by Gasteiger charge is -2.11. The predicted octanol–water partition coefficient (Wildman–Crippen LogP) is 1.19. The van der Waals surface area contributed by atoms with E-state index in [-0.39, 0.29) is 12.1 Å². The Balaban J connectivity index is 2.62. The molecule has 13 heavy (non-hydrogen) atoms. The Bertz CT molecular complexity index is 230. The number of carbonyl (C=O) groups excluding carboxylic acids is 1. The van der Waals surface area contributed by atoms with Crippen LogP contribution in [0.1, 0.15) is 19.8 Å². The molecule has 3 nitrogen and oxygen atoms in total. The highest BCUT2D eigenvalue weighted by atomic mass is 16.5. The van der Waals surface area contributed by atoms with E-state index in [9.17, 15) is 9.90 Å². The average molecular weight is 182 g/mol. The van der Waals surface area contributed by atoms with E-state index in [4.69, 9.17) is 4.74 Å². The Labute approximate surface area is 77.7 Å². The first-order chi connectivity index (χ1) is 6.18. The second kappa shape index (κ2) is 4.82. The largest absolute Gasteiger partial charge is 0.460 e. The lowest BCUT2D eigenvalue weighted by Crippen LogP contribution is -2.14. The summed E-state index contributed by atoms with van der Waals surface area (Å²) >= 11 is 0. The first-order valence-electron chi connectivity index (χ1n) is 4.42. The summed E-state index contributed by atoms with van der Waals surface area (Å²) in [5.41, 5.74) is 0. The van der Waals surface area contributed by atoms with Gasteiger partial charge in [0.05, 0.1) is 12.2 Å². The highest BCUT2D eigenvalue weighted by Gasteiger charge is 2.07. The third kappa shape index (κ3) is 3.90. The van der Waals surface area contributed by atoms with Gasteiger partial charge in [0.25, 0.3) is 0 Å². The normalized spacial score (nSPS) is 34.8. The Hall–Kier alpha value is -1.09. The predicted molar refractivity (Wildman–Crippen MR) is 49.1 cm³/mol. The van der Waals surface area contributed by atoms with E-state index < -0.39 is 6.10 Å². The molecule has 0 aromatic carbocycles. The molecule has 0 saturated heterocycles. The SMILES string of the molecule is C[C@@H]1CC/C=C\[C@@H](O)/C=C/C(=O)O1. The molecule has 1 aliphatic heterocycles. The summed E-state index contributed by atoms with van der Waals surface area (Å²) < 4.78 is 5.00. The molecule has 3 heteroatoms. The number of cyclic esters (lactones) is 1. The Morgan fingerprint density at radius 3 is 3.08 bits per heavy atom. The van der Waals surface area contributed by atoms with Gasteiger partial charge in [0, 0.05) is 6.08 Å². The lowest BCUT2D eigenvalue weighted by molar-refractivity contribution is -0.142. The monoisotopic (exact) mass is 182 g/mol. The van der Waals surface area contributed by atoms with Crippen molar-refractivity contribution >= 4 is 5.97 Å². The molecule has 0 fully saturated rings. The quantitative estimate of drug-likeness (QED) is 0.452. The number of rotatable bonds is 0. The molecule has 2 atom stereocenters. The smallest absolute Gasteiger partial charge is 0.330 e. The Morgan fingerprint density at radius 2 is 2.31 bits per heavy atom. The van der Waals surface area contributed by atoms with Crippen LogP contribution in [0.25, 0.3) is 0 Å². The second-order valence-corrected chi connectivity index (χ2v) is 3.10. The van der Waals surface area contributed by atoms with E-state index in [2.05, 4.69) is 0 Å². The zero-order valence-electron chi connectivity index (χ0n) is 7.64. The first-order valence-corrected chi connectivity index (χ1v) is 4.42. The number of hydrogen-bond donors (Lipinski definition) is 1. The fraction of sp³-hybridized carbons (Fsp3) is 0.500. The van der Waals surface area contributed by atoms with Crippen LogP contribution in [0, 0.1) is 0 Å². The van der Waals surface area contributed by atoms with E-state index in [0.717, 1.165) is 12.8 Å². The zero-order valence-corrected chi connectivity index (χ0v) is 7.64. The third-order valence-corrected chi connectivity index (χ3v) is 1.82. The van der Waals surface area contributed by atoms with Crippen molar-refractivity contribution in [2.75, 3.05) is 0 Å². The summed E-state index contributed by atoms with van der Waals surface area (Å²) in [7, 11) is 0. The Morgan fingerprint density at radius 1 is 1.54 bits per heavy atom. The minimum atomic E-state index is -0.680. The molecule has 0 saturated carbocycles. The van der Waals surface area contributed by atoms with E-state index in [0.29, 0.717) is 0 Å². The van der Waals surface area contributed by atoms with Gasteiger partial charge in [0.1, 0.15) is 0 Å². The van der Waals surface area contributed by atoms with Gasteiger partial charge >= 0.3 is 5.97 Å². The van der Waals surface area contributed by atoms with Gasteiger partial charge in [0.2, 0.25) is 0 Å². The molecular weight excluding hydrogens is 168 g/mol. The van der Waals surface area contributed by atoms with Crippen LogP contribution in [0.2, 0.25) is 0 Å². The van der Waals surface area contributed by atoms with Crippen molar-refractivity contribution in [3.63, 3.8) is 0 Å². The van der Waals surface area contributed by atoms with Gasteiger partial charge in [0.15, 0.2) is 0 Å². The average Bonchev–Trinajstić information content (AvgIpc) is 2.08. The molecule has 0 radical (unpaired) electrons. The maximum Gasteiger partial charge on any atom is 0.330 e. The fourth-order valence-corrected chi connectivity index (χ4v) is 1.10. The summed E-state index contributed by atoms with van der Waals surface area (Å²) in [6, 6.07) is 0. The Kier molecular flexibility index (Phi) is 3.71. The van der Waals surface area contributed by atoms with Gasteiger partial charge in [-0.05, 0) is 25.8 Å². The number of esters is 1. The number of hydrogen-bond acceptors (Lipinski definition) is 3. The van der Waals surface area contributed by atoms with E-state index >= 15 is 0 Å². The number of ether oxygens (including phenoxy) is 1. The van der Waals surface area contributed by atoms with Crippen LogP contribution in [0.4, 0.5) is 0 Å². The number of carbonyl (C=O) groups is 1. The van der Waals surface area contributed by atoms with E-state index in [1.54, 1.807) is 6.08 Å². The van der Waals surface area contributed by atoms with Gasteiger partial charge in [-0.15, -0.1) is 0 Å². The van der Waals surface area contributed by atoms with Crippen LogP contribution >= 0.6 is 0 Å². The summed E-state index contributed by atoms with van der Waals surface area (Å²) in [6.45, 7) is 1.86. The number of allylic oxidation sites excluding steroid dienone is 1. The molecule has 0 aromatic heterocycles. The van der Waals surface area contributed by atoms with Crippen molar-refractivity contribution in [3.05, 3.63) is 24.3 Å². The van der Waals surface area contributed by atoms with Crippen molar-refractivity contribution in [3.8, 4) is 0 Å². The molecule has 0 aromatic rings. The molecule has 1 N–H and O–H groups in total. The first kappa shape index (κ1) is 9.99. The van der Waals surface area contributed by atoms with Crippen LogP contribution in [0.3, 0.4) is 0 Å². The standard InChI is InChI=1S/C10H14O3/c1-8-4-2-3-5-9(11)6-7-10(12)13-8/h3,5-9,11H,2,4H2,1H3/b5-3-,7-6+/t8-,9-/m1/s1. The molecule has 1 heterocycles. The van der Waals surface area contributed by atoms with Crippen molar-refractivity contribution in [1.82, 2.24) is 0 Å². The molecular formula is C10H14O3. The minimum absolute atomic E-state index is 0.0583. The van der Waals surface area contributed by atoms with Gasteiger partial charge in [-0.2, -0.15) is 0 Å². The third-order valence-electron chi connectivity index (χ3n) is 1.82. The molecule has 0 spiro atoms. The maximum absolute atomic E-state index is 11.0. The molecule has 1 rings (SSSR count).